The third-order valence-corrected chi connectivity index (χ3v) is 3.92. The summed E-state index contributed by atoms with van der Waals surface area (Å²) in [4.78, 5) is 12.7. The first-order valence-corrected chi connectivity index (χ1v) is 7.16. The molecule has 3 atom stereocenters. The van der Waals surface area contributed by atoms with Gasteiger partial charge in [-0.1, -0.05) is 0 Å². The number of hydrogen-bond donors (Lipinski definition) is 2. The summed E-state index contributed by atoms with van der Waals surface area (Å²) < 4.78 is 5.84. The molecule has 1 aromatic rings. The molecule has 3 unspecified atom stereocenters. The zero-order chi connectivity index (χ0) is 13.9. The van der Waals surface area contributed by atoms with Crippen LogP contribution in [0.5, 0.6) is 0 Å². The van der Waals surface area contributed by atoms with Crippen molar-refractivity contribution in [3.8, 4) is 0 Å². The van der Waals surface area contributed by atoms with E-state index in [1.54, 1.807) is 13.2 Å². The summed E-state index contributed by atoms with van der Waals surface area (Å²) in [7, 11) is 1.79. The van der Waals surface area contributed by atoms with Gasteiger partial charge >= 0.3 is 0 Å². The number of hydrogen-bond acceptors (Lipinski definition) is 4. The molecule has 0 radical (unpaired) electrons. The second kappa shape index (κ2) is 5.75. The first kappa shape index (κ1) is 13.3. The molecule has 0 aromatic carbocycles. The predicted molar refractivity (Wildman–Crippen MR) is 76.4 cm³/mol. The molecule has 6 heteroatoms. The maximum atomic E-state index is 5.84. The van der Waals surface area contributed by atoms with Crippen molar-refractivity contribution in [1.82, 2.24) is 20.6 Å². The van der Waals surface area contributed by atoms with Crippen LogP contribution in [0.3, 0.4) is 0 Å². The third kappa shape index (κ3) is 2.90. The Morgan fingerprint density at radius 1 is 1.50 bits per heavy atom. The predicted octanol–water partition coefficient (Wildman–Crippen LogP) is 0.770. The van der Waals surface area contributed by atoms with Crippen molar-refractivity contribution >= 4 is 5.96 Å². The number of aromatic nitrogens is 2. The lowest BCUT2D eigenvalue weighted by atomic mass is 9.96. The summed E-state index contributed by atoms with van der Waals surface area (Å²) in [6, 6.07) is 2.29. The van der Waals surface area contributed by atoms with Gasteiger partial charge in [0.15, 0.2) is 5.96 Å². The highest BCUT2D eigenvalue weighted by Crippen LogP contribution is 2.34. The maximum Gasteiger partial charge on any atom is 0.191 e. The Kier molecular flexibility index (Phi) is 3.82. The summed E-state index contributed by atoms with van der Waals surface area (Å²) in [6.45, 7) is 2.54. The van der Waals surface area contributed by atoms with Gasteiger partial charge < -0.3 is 15.4 Å². The van der Waals surface area contributed by atoms with Crippen LogP contribution in [0.2, 0.25) is 0 Å². The Balaban J connectivity index is 1.53. The van der Waals surface area contributed by atoms with E-state index in [2.05, 4.69) is 25.6 Å². The average molecular weight is 275 g/mol. The van der Waals surface area contributed by atoms with Crippen LogP contribution in [-0.2, 0) is 11.3 Å². The number of fused-ring (bicyclic) bond motifs is 2. The van der Waals surface area contributed by atoms with Crippen molar-refractivity contribution in [3.05, 3.63) is 23.8 Å². The highest BCUT2D eigenvalue weighted by molar-refractivity contribution is 5.80. The van der Waals surface area contributed by atoms with Gasteiger partial charge in [0, 0.05) is 13.2 Å². The second-order valence-corrected chi connectivity index (χ2v) is 5.38. The van der Waals surface area contributed by atoms with Gasteiger partial charge in [-0.05, 0) is 32.3 Å². The lowest BCUT2D eigenvalue weighted by Gasteiger charge is -2.22. The van der Waals surface area contributed by atoms with E-state index in [1.165, 1.54) is 6.42 Å². The summed E-state index contributed by atoms with van der Waals surface area (Å²) in [5.74, 6) is 1.59. The molecule has 3 rings (SSSR count). The number of nitrogens with one attached hydrogen (secondary N) is 2. The van der Waals surface area contributed by atoms with Gasteiger partial charge in [-0.25, -0.2) is 9.97 Å². The van der Waals surface area contributed by atoms with Crippen LogP contribution in [0.25, 0.3) is 0 Å². The van der Waals surface area contributed by atoms with Gasteiger partial charge in [0.1, 0.15) is 5.82 Å². The Labute approximate surface area is 119 Å². The van der Waals surface area contributed by atoms with E-state index in [4.69, 9.17) is 4.74 Å². The molecule has 2 aliphatic rings. The van der Waals surface area contributed by atoms with Crippen LogP contribution in [0.1, 0.15) is 30.8 Å². The summed E-state index contributed by atoms with van der Waals surface area (Å²) >= 11 is 0. The molecule has 0 spiro atoms. The van der Waals surface area contributed by atoms with Crippen LogP contribution in [0.15, 0.2) is 17.3 Å². The smallest absolute Gasteiger partial charge is 0.191 e. The van der Waals surface area contributed by atoms with Gasteiger partial charge in [0.2, 0.25) is 0 Å². The van der Waals surface area contributed by atoms with Crippen molar-refractivity contribution in [3.63, 3.8) is 0 Å². The normalized spacial score (nSPS) is 28.7. The van der Waals surface area contributed by atoms with Gasteiger partial charge in [-0.15, -0.1) is 0 Å². The molecule has 108 valence electrons. The molecule has 0 amide bonds. The van der Waals surface area contributed by atoms with E-state index < -0.39 is 0 Å². The molecular formula is C14H21N5O. The van der Waals surface area contributed by atoms with Crippen molar-refractivity contribution < 1.29 is 4.74 Å². The molecule has 6 nitrogen and oxygen atoms in total. The van der Waals surface area contributed by atoms with Crippen molar-refractivity contribution in [1.29, 1.82) is 0 Å². The minimum atomic E-state index is 0.347. The SMILES string of the molecule is CN=C(NCc1ccnc(C)n1)NC1CC2CCC1O2. The first-order chi connectivity index (χ1) is 9.74. The fraction of sp³-hybridized carbons (Fsp3) is 0.643. The van der Waals surface area contributed by atoms with Gasteiger partial charge in [0.05, 0.1) is 30.5 Å². The zero-order valence-corrected chi connectivity index (χ0v) is 12.0. The Morgan fingerprint density at radius 3 is 3.05 bits per heavy atom. The Bertz CT molecular complexity index is 504. The molecule has 0 aliphatic carbocycles. The van der Waals surface area contributed by atoms with Crippen LogP contribution in [0.4, 0.5) is 0 Å². The molecule has 2 saturated heterocycles. The van der Waals surface area contributed by atoms with Gasteiger partial charge in [-0.3, -0.25) is 4.99 Å². The average Bonchev–Trinajstić information content (AvgIpc) is 3.06. The quantitative estimate of drug-likeness (QED) is 0.630. The first-order valence-electron chi connectivity index (χ1n) is 7.16. The zero-order valence-electron chi connectivity index (χ0n) is 12.0. The van der Waals surface area contributed by atoms with Crippen LogP contribution in [0, 0.1) is 6.92 Å². The van der Waals surface area contributed by atoms with Gasteiger partial charge in [0.25, 0.3) is 0 Å². The van der Waals surface area contributed by atoms with Crippen molar-refractivity contribution in [2.24, 2.45) is 4.99 Å². The van der Waals surface area contributed by atoms with Crippen molar-refractivity contribution in [2.75, 3.05) is 7.05 Å². The number of aryl methyl sites for hydroxylation is 1. The number of guanidine groups is 1. The maximum absolute atomic E-state index is 5.84. The molecule has 1 aromatic heterocycles. The highest BCUT2D eigenvalue weighted by Gasteiger charge is 2.41. The highest BCUT2D eigenvalue weighted by atomic mass is 16.5. The number of rotatable bonds is 3. The molecule has 20 heavy (non-hydrogen) atoms. The van der Waals surface area contributed by atoms with E-state index in [-0.39, 0.29) is 0 Å². The van der Waals surface area contributed by atoms with E-state index in [0.717, 1.165) is 30.3 Å². The number of aliphatic imine (C=N–C) groups is 1. The lowest BCUT2D eigenvalue weighted by Crippen LogP contribution is -2.47. The van der Waals surface area contributed by atoms with Crippen molar-refractivity contribution in [2.45, 2.75) is 51.0 Å². The largest absolute Gasteiger partial charge is 0.373 e. The lowest BCUT2D eigenvalue weighted by molar-refractivity contribution is 0.0992. The molecule has 3 heterocycles. The fourth-order valence-electron chi connectivity index (χ4n) is 2.94. The minimum Gasteiger partial charge on any atom is -0.373 e. The minimum absolute atomic E-state index is 0.347. The Hall–Kier alpha value is -1.69. The standard InChI is InChI=1S/C14H21N5O/c1-9-16-6-5-10(18-9)8-17-14(15-2)19-12-7-11-3-4-13(12)20-11/h5-6,11-13H,3-4,7-8H2,1-2H3,(H2,15,17,19). The van der Waals surface area contributed by atoms with Crippen LogP contribution < -0.4 is 10.6 Å². The van der Waals surface area contributed by atoms with Crippen LogP contribution in [-0.4, -0.2) is 41.2 Å². The summed E-state index contributed by atoms with van der Waals surface area (Å²) in [5.41, 5.74) is 0.963. The van der Waals surface area contributed by atoms with Gasteiger partial charge in [-0.2, -0.15) is 0 Å². The molecular weight excluding hydrogens is 254 g/mol. The topological polar surface area (TPSA) is 71.4 Å². The van der Waals surface area contributed by atoms with E-state index >= 15 is 0 Å². The molecule has 2 bridgehead atoms. The third-order valence-electron chi connectivity index (χ3n) is 3.92. The van der Waals surface area contributed by atoms with E-state index in [0.29, 0.717) is 24.8 Å². The summed E-state index contributed by atoms with van der Waals surface area (Å²) in [5, 5.41) is 6.74. The molecule has 2 fully saturated rings. The monoisotopic (exact) mass is 275 g/mol. The molecule has 2 N–H and O–H groups in total. The van der Waals surface area contributed by atoms with E-state index in [1.807, 2.05) is 13.0 Å². The number of ether oxygens (including phenoxy) is 1. The van der Waals surface area contributed by atoms with E-state index in [9.17, 15) is 0 Å². The Morgan fingerprint density at radius 2 is 2.40 bits per heavy atom. The summed E-state index contributed by atoms with van der Waals surface area (Å²) in [6.07, 6.45) is 6.01. The fourth-order valence-corrected chi connectivity index (χ4v) is 2.94. The second-order valence-electron chi connectivity index (χ2n) is 5.38. The number of nitrogens with zero attached hydrogens (tertiary/aromatic N) is 3. The van der Waals surface area contributed by atoms with Crippen LogP contribution >= 0.6 is 0 Å². The molecule has 2 aliphatic heterocycles. The molecule has 0 saturated carbocycles.